The number of nitrogens with zero attached hydrogens (tertiary/aromatic N) is 1. The number of hydrogen-bond donors (Lipinski definition) is 1. The minimum Gasteiger partial charge on any atom is -0.368 e. The third kappa shape index (κ3) is 4.12. The molecule has 2 heterocycles. The van der Waals surface area contributed by atoms with Crippen molar-refractivity contribution >= 4 is 33.4 Å². The molecular weight excluding hydrogens is 360 g/mol. The summed E-state index contributed by atoms with van der Waals surface area (Å²) in [4.78, 5) is 26.5. The van der Waals surface area contributed by atoms with E-state index in [0.717, 1.165) is 23.0 Å². The minimum absolute atomic E-state index is 0.0346. The Morgan fingerprint density at radius 1 is 1.22 bits per heavy atom. The number of anilines is 1. The van der Waals surface area contributed by atoms with E-state index in [9.17, 15) is 9.59 Å². The van der Waals surface area contributed by atoms with Gasteiger partial charge in [-0.2, -0.15) is 0 Å². The Kier molecular flexibility index (Phi) is 5.33. The second-order valence-corrected chi connectivity index (χ2v) is 7.02. The Morgan fingerprint density at radius 3 is 2.65 bits per heavy atom. The summed E-state index contributed by atoms with van der Waals surface area (Å²) >= 11 is 3.40. The van der Waals surface area contributed by atoms with Crippen molar-refractivity contribution in [1.82, 2.24) is 4.90 Å². The van der Waals surface area contributed by atoms with Gasteiger partial charge in [0.25, 0.3) is 5.91 Å². The third-order valence-corrected chi connectivity index (χ3v) is 4.97. The van der Waals surface area contributed by atoms with E-state index >= 15 is 0 Å². The van der Waals surface area contributed by atoms with Crippen LogP contribution in [-0.4, -0.2) is 42.5 Å². The molecule has 1 atom stereocenters. The number of rotatable bonds is 3. The van der Waals surface area contributed by atoms with E-state index in [4.69, 9.17) is 4.74 Å². The van der Waals surface area contributed by atoms with Gasteiger partial charge in [-0.1, -0.05) is 22.0 Å². The molecule has 2 aliphatic heterocycles. The van der Waals surface area contributed by atoms with Gasteiger partial charge in [-0.15, -0.1) is 0 Å². The number of carbonyl (C=O) groups excluding carboxylic acids is 2. The Bertz CT molecular complexity index is 579. The zero-order valence-electron chi connectivity index (χ0n) is 13.0. The summed E-state index contributed by atoms with van der Waals surface area (Å²) in [5.74, 6) is 0.0863. The van der Waals surface area contributed by atoms with Crippen molar-refractivity contribution in [3.05, 3.63) is 28.7 Å². The van der Waals surface area contributed by atoms with E-state index in [0.29, 0.717) is 32.5 Å². The predicted octanol–water partition coefficient (Wildman–Crippen LogP) is 2.81. The molecule has 0 spiro atoms. The SMILES string of the molecule is O=C(Nc1cccc(Br)c1)C1CCN(C(=O)C2CCCO2)CC1. The van der Waals surface area contributed by atoms with E-state index in [2.05, 4.69) is 21.2 Å². The van der Waals surface area contributed by atoms with Crippen LogP contribution in [0.25, 0.3) is 0 Å². The topological polar surface area (TPSA) is 58.6 Å². The number of carbonyl (C=O) groups is 2. The summed E-state index contributed by atoms with van der Waals surface area (Å²) in [6, 6.07) is 7.57. The number of nitrogens with one attached hydrogen (secondary N) is 1. The second-order valence-electron chi connectivity index (χ2n) is 6.10. The van der Waals surface area contributed by atoms with Gasteiger partial charge in [-0.05, 0) is 43.9 Å². The Labute approximate surface area is 144 Å². The molecule has 2 fully saturated rings. The molecule has 1 aromatic rings. The number of hydrogen-bond acceptors (Lipinski definition) is 3. The highest BCUT2D eigenvalue weighted by molar-refractivity contribution is 9.10. The molecule has 0 aromatic heterocycles. The number of benzene rings is 1. The Morgan fingerprint density at radius 2 is 2.00 bits per heavy atom. The fraction of sp³-hybridized carbons (Fsp3) is 0.529. The molecule has 3 rings (SSSR count). The molecule has 1 N–H and O–H groups in total. The van der Waals surface area contributed by atoms with E-state index in [1.165, 1.54) is 0 Å². The maximum atomic E-state index is 12.4. The average Bonchev–Trinajstić information content (AvgIpc) is 3.09. The number of halogens is 1. The van der Waals surface area contributed by atoms with Crippen LogP contribution in [0.4, 0.5) is 5.69 Å². The minimum atomic E-state index is -0.262. The number of amides is 2. The summed E-state index contributed by atoms with van der Waals surface area (Å²) in [6.45, 7) is 1.95. The van der Waals surface area contributed by atoms with Crippen LogP contribution in [0.1, 0.15) is 25.7 Å². The first-order valence-corrected chi connectivity index (χ1v) is 8.89. The number of likely N-dealkylation sites (tertiary alicyclic amines) is 1. The van der Waals surface area contributed by atoms with E-state index < -0.39 is 0 Å². The fourth-order valence-corrected chi connectivity index (χ4v) is 3.55. The van der Waals surface area contributed by atoms with Crippen molar-refractivity contribution in [3.8, 4) is 0 Å². The summed E-state index contributed by atoms with van der Waals surface area (Å²) in [5.41, 5.74) is 0.794. The van der Waals surface area contributed by atoms with Crippen molar-refractivity contribution in [2.24, 2.45) is 5.92 Å². The quantitative estimate of drug-likeness (QED) is 0.876. The van der Waals surface area contributed by atoms with Crippen LogP contribution in [0.3, 0.4) is 0 Å². The lowest BCUT2D eigenvalue weighted by molar-refractivity contribution is -0.143. The van der Waals surface area contributed by atoms with Gasteiger partial charge in [0, 0.05) is 35.8 Å². The molecule has 0 aliphatic carbocycles. The molecule has 1 aromatic carbocycles. The predicted molar refractivity (Wildman–Crippen MR) is 91.0 cm³/mol. The van der Waals surface area contributed by atoms with E-state index in [1.54, 1.807) is 0 Å². The molecule has 6 heteroatoms. The molecule has 1 unspecified atom stereocenters. The molecule has 5 nitrogen and oxygen atoms in total. The highest BCUT2D eigenvalue weighted by Gasteiger charge is 2.32. The average molecular weight is 381 g/mol. The van der Waals surface area contributed by atoms with Crippen LogP contribution >= 0.6 is 15.9 Å². The second kappa shape index (κ2) is 7.45. The number of ether oxygens (including phenoxy) is 1. The van der Waals surface area contributed by atoms with Gasteiger partial charge >= 0.3 is 0 Å². The lowest BCUT2D eigenvalue weighted by Gasteiger charge is -2.32. The van der Waals surface area contributed by atoms with Gasteiger partial charge < -0.3 is 15.0 Å². The van der Waals surface area contributed by atoms with E-state index in [1.807, 2.05) is 29.2 Å². The first-order valence-electron chi connectivity index (χ1n) is 8.10. The third-order valence-electron chi connectivity index (χ3n) is 4.47. The Balaban J connectivity index is 1.50. The molecule has 124 valence electrons. The monoisotopic (exact) mass is 380 g/mol. The normalized spacial score (nSPS) is 22.1. The maximum Gasteiger partial charge on any atom is 0.251 e. The summed E-state index contributed by atoms with van der Waals surface area (Å²) in [6.07, 6.45) is 2.93. The van der Waals surface area contributed by atoms with Crippen molar-refractivity contribution in [2.45, 2.75) is 31.8 Å². The van der Waals surface area contributed by atoms with Crippen LogP contribution in [0.15, 0.2) is 28.7 Å². The maximum absolute atomic E-state index is 12.4. The smallest absolute Gasteiger partial charge is 0.251 e. The van der Waals surface area contributed by atoms with Gasteiger partial charge in [0.2, 0.25) is 5.91 Å². The molecule has 0 bridgehead atoms. The highest BCUT2D eigenvalue weighted by Crippen LogP contribution is 2.23. The number of piperidine rings is 1. The van der Waals surface area contributed by atoms with Crippen molar-refractivity contribution in [3.63, 3.8) is 0 Å². The summed E-state index contributed by atoms with van der Waals surface area (Å²) in [5, 5.41) is 2.95. The standard InChI is InChI=1S/C17H21BrN2O3/c18-13-3-1-4-14(11-13)19-16(21)12-6-8-20(9-7-12)17(22)15-5-2-10-23-15/h1,3-4,11-12,15H,2,5-10H2,(H,19,21). The van der Waals surface area contributed by atoms with Crippen LogP contribution in [0, 0.1) is 5.92 Å². The van der Waals surface area contributed by atoms with Crippen LogP contribution in [0.5, 0.6) is 0 Å². The van der Waals surface area contributed by atoms with Crippen molar-refractivity contribution < 1.29 is 14.3 Å². The first-order chi connectivity index (χ1) is 11.1. The zero-order chi connectivity index (χ0) is 16.2. The molecule has 0 radical (unpaired) electrons. The van der Waals surface area contributed by atoms with Crippen molar-refractivity contribution in [2.75, 3.05) is 25.0 Å². The zero-order valence-corrected chi connectivity index (χ0v) is 14.5. The summed E-state index contributed by atoms with van der Waals surface area (Å²) in [7, 11) is 0. The van der Waals surface area contributed by atoms with Crippen LogP contribution in [0.2, 0.25) is 0 Å². The van der Waals surface area contributed by atoms with Crippen LogP contribution in [-0.2, 0) is 14.3 Å². The first kappa shape index (κ1) is 16.5. The van der Waals surface area contributed by atoms with Gasteiger partial charge in [0.05, 0.1) is 0 Å². The lowest BCUT2D eigenvalue weighted by atomic mass is 9.95. The van der Waals surface area contributed by atoms with E-state index in [-0.39, 0.29) is 23.8 Å². The highest BCUT2D eigenvalue weighted by atomic mass is 79.9. The molecule has 2 saturated heterocycles. The summed E-state index contributed by atoms with van der Waals surface area (Å²) < 4.78 is 6.39. The molecule has 2 amide bonds. The fourth-order valence-electron chi connectivity index (χ4n) is 3.15. The molecular formula is C17H21BrN2O3. The van der Waals surface area contributed by atoms with Gasteiger partial charge in [-0.25, -0.2) is 0 Å². The molecule has 0 saturated carbocycles. The largest absolute Gasteiger partial charge is 0.368 e. The van der Waals surface area contributed by atoms with Gasteiger partial charge in [-0.3, -0.25) is 9.59 Å². The molecule has 2 aliphatic rings. The van der Waals surface area contributed by atoms with Crippen molar-refractivity contribution in [1.29, 1.82) is 0 Å². The van der Waals surface area contributed by atoms with Gasteiger partial charge in [0.15, 0.2) is 0 Å². The lowest BCUT2D eigenvalue weighted by Crippen LogP contribution is -2.45. The molecule has 23 heavy (non-hydrogen) atoms. The van der Waals surface area contributed by atoms with Crippen LogP contribution < -0.4 is 5.32 Å². The Hall–Kier alpha value is -1.40. The van der Waals surface area contributed by atoms with Gasteiger partial charge in [0.1, 0.15) is 6.10 Å².